The van der Waals surface area contributed by atoms with Gasteiger partial charge in [-0.25, -0.2) is 18.5 Å². The van der Waals surface area contributed by atoms with Crippen molar-refractivity contribution in [3.63, 3.8) is 0 Å². The molecule has 4 aromatic rings. The molecule has 0 spiro atoms. The molecule has 57 heavy (non-hydrogen) atoms. The zero-order chi connectivity index (χ0) is 40.7. The third kappa shape index (κ3) is 9.66. The Kier molecular flexibility index (Phi) is 13.0. The minimum atomic E-state index is -1.36. The van der Waals surface area contributed by atoms with Crippen molar-refractivity contribution in [3.8, 4) is 5.75 Å². The Morgan fingerprint density at radius 3 is 2.67 bits per heavy atom. The number of aromatic nitrogens is 5. The maximum absolute atomic E-state index is 14.0. The summed E-state index contributed by atoms with van der Waals surface area (Å²) in [4.78, 5) is 68.4. The number of hydrogen-bond acceptors (Lipinski definition) is 15. The number of ether oxygens (including phenoxy) is 3. The molecule has 2 aliphatic heterocycles. The Labute approximate surface area is 334 Å². The number of carbonyl (C=O) groups is 4. The van der Waals surface area contributed by atoms with Crippen molar-refractivity contribution in [3.05, 3.63) is 71.6 Å². The molecule has 2 unspecified atom stereocenters. The minimum Gasteiger partial charge on any atom is -0.497 e. The van der Waals surface area contributed by atoms with Crippen molar-refractivity contribution < 1.29 is 47.2 Å². The van der Waals surface area contributed by atoms with E-state index >= 15 is 0 Å². The number of amides is 3. The molecular formula is C36H42FN10O8S2+. The van der Waals surface area contributed by atoms with E-state index in [4.69, 9.17) is 14.2 Å². The number of imidazole rings is 1. The van der Waals surface area contributed by atoms with E-state index in [1.54, 1.807) is 58.3 Å². The van der Waals surface area contributed by atoms with Gasteiger partial charge in [0.15, 0.2) is 11.8 Å². The van der Waals surface area contributed by atoms with E-state index in [1.165, 1.54) is 16.7 Å². The van der Waals surface area contributed by atoms with E-state index in [0.29, 0.717) is 28.3 Å². The van der Waals surface area contributed by atoms with Crippen LogP contribution in [0, 0.1) is 0 Å². The van der Waals surface area contributed by atoms with Crippen LogP contribution in [0.1, 0.15) is 38.6 Å². The molecular weight excluding hydrogens is 784 g/mol. The van der Waals surface area contributed by atoms with Gasteiger partial charge < -0.3 is 29.7 Å². The van der Waals surface area contributed by atoms with Crippen LogP contribution >= 0.6 is 23.3 Å². The number of pyridine rings is 1. The summed E-state index contributed by atoms with van der Waals surface area (Å²) >= 11 is 2.06. The molecule has 6 rings (SSSR count). The van der Waals surface area contributed by atoms with Gasteiger partial charge in [0.2, 0.25) is 16.7 Å². The maximum atomic E-state index is 14.0. The van der Waals surface area contributed by atoms with Gasteiger partial charge in [0, 0.05) is 22.9 Å². The van der Waals surface area contributed by atoms with E-state index in [-0.39, 0.29) is 29.8 Å². The number of aryl methyl sites for hydroxylation is 1. The molecule has 3 amide bonds. The van der Waals surface area contributed by atoms with Gasteiger partial charge >= 0.3 is 17.7 Å². The molecule has 5 heterocycles. The summed E-state index contributed by atoms with van der Waals surface area (Å²) in [5.41, 5.74) is 1.68. The number of nitrogens with one attached hydrogen (secondary N) is 3. The zero-order valence-corrected chi connectivity index (χ0v) is 33.4. The number of carbonyl (C=O) groups excluding carboxylic acids is 4. The minimum absolute atomic E-state index is 0.0293. The highest BCUT2D eigenvalue weighted by Gasteiger charge is 2.55. The van der Waals surface area contributed by atoms with Crippen LogP contribution in [-0.2, 0) is 48.4 Å². The number of hydrogen-bond donors (Lipinski definition) is 3. The third-order valence-corrected chi connectivity index (χ3v) is 10.5. The van der Waals surface area contributed by atoms with Gasteiger partial charge in [0.05, 0.1) is 20.2 Å². The van der Waals surface area contributed by atoms with Crippen LogP contribution in [0.3, 0.4) is 0 Å². The average molecular weight is 826 g/mol. The molecule has 2 atom stereocenters. The lowest BCUT2D eigenvalue weighted by atomic mass is 10.0. The van der Waals surface area contributed by atoms with E-state index in [9.17, 15) is 23.6 Å². The largest absolute Gasteiger partial charge is 0.497 e. The van der Waals surface area contributed by atoms with Crippen LogP contribution in [-0.4, -0.2) is 104 Å². The van der Waals surface area contributed by atoms with Crippen molar-refractivity contribution in [2.75, 3.05) is 38.6 Å². The molecule has 1 fully saturated rings. The van der Waals surface area contributed by atoms with E-state index < -0.39 is 53.5 Å². The SMILES string of the molecule is CNCCCn1c[n+](CC2=C(C(=O)OCc3ccc(OC)cc3)N3C(=O)C(NC(=O)/C(=N\OCF)c4nsc(NC(=O)OC(C)(C)C)n4)C3SC2)c2ncccc21. The van der Waals surface area contributed by atoms with Gasteiger partial charge in [-0.3, -0.25) is 24.4 Å². The van der Waals surface area contributed by atoms with Gasteiger partial charge in [0.1, 0.15) is 41.3 Å². The smallest absolute Gasteiger partial charge is 0.414 e. The highest BCUT2D eigenvalue weighted by atomic mass is 32.2. The fourth-order valence-electron chi connectivity index (χ4n) is 6.02. The summed E-state index contributed by atoms with van der Waals surface area (Å²) in [5.74, 6) is -1.60. The Bertz CT molecular complexity index is 2190. The first-order chi connectivity index (χ1) is 27.4. The number of oxime groups is 1. The lowest BCUT2D eigenvalue weighted by molar-refractivity contribution is -0.665. The number of thioether (sulfide) groups is 1. The monoisotopic (exact) mass is 825 g/mol. The summed E-state index contributed by atoms with van der Waals surface area (Å²) in [7, 11) is 3.45. The lowest BCUT2D eigenvalue weighted by Crippen LogP contribution is -2.71. The molecule has 0 bridgehead atoms. The van der Waals surface area contributed by atoms with E-state index in [2.05, 4.69) is 44.9 Å². The lowest BCUT2D eigenvalue weighted by Gasteiger charge is -2.49. The number of rotatable bonds is 16. The molecule has 1 aromatic carbocycles. The second kappa shape index (κ2) is 18.1. The van der Waals surface area contributed by atoms with Crippen LogP contribution in [0.5, 0.6) is 5.75 Å². The zero-order valence-electron chi connectivity index (χ0n) is 31.8. The van der Waals surface area contributed by atoms with Crippen molar-refractivity contribution in [2.45, 2.75) is 63.9 Å². The van der Waals surface area contributed by atoms with Crippen LogP contribution in [0.4, 0.5) is 14.3 Å². The molecule has 3 N–H and O–H groups in total. The number of benzene rings is 1. The third-order valence-electron chi connectivity index (χ3n) is 8.53. The molecule has 0 radical (unpaired) electrons. The number of esters is 1. The molecule has 0 saturated carbocycles. The standard InChI is InChI=1S/C36H41FN10O8S2/c1-36(2,3)55-35(51)42-34-41-28(44-57-34)25(43-54-19-37)30(48)40-26-31(49)47-27(33(50)53-17-21-9-11-23(52-5)12-10-21)22(18-56-32(26)47)16-46-20-45(15-7-13-38-4)24-8-6-14-39-29(24)46/h6,8-12,14,20,26,32,38H,7,13,15-19H2,1-5H3,(H-,40,41,42,44,48,51)/p+1/b43-25-. The summed E-state index contributed by atoms with van der Waals surface area (Å²) in [6.07, 6.45) is 3.71. The van der Waals surface area contributed by atoms with Gasteiger partial charge in [-0.05, 0) is 70.6 Å². The Hall–Kier alpha value is -5.67. The number of anilines is 1. The van der Waals surface area contributed by atoms with Crippen LogP contribution in [0.2, 0.25) is 0 Å². The second-order valence-corrected chi connectivity index (χ2v) is 15.6. The predicted octanol–water partition coefficient (Wildman–Crippen LogP) is 2.89. The van der Waals surface area contributed by atoms with Gasteiger partial charge in [0.25, 0.3) is 18.7 Å². The number of halogens is 1. The summed E-state index contributed by atoms with van der Waals surface area (Å²) in [5, 5.41) is 11.0. The van der Waals surface area contributed by atoms with Crippen LogP contribution in [0.25, 0.3) is 11.2 Å². The van der Waals surface area contributed by atoms with E-state index in [1.807, 2.05) is 30.1 Å². The molecule has 0 aliphatic carbocycles. The Balaban J connectivity index is 1.24. The highest BCUT2D eigenvalue weighted by molar-refractivity contribution is 8.00. The van der Waals surface area contributed by atoms with Crippen molar-refractivity contribution in [1.82, 2.24) is 34.4 Å². The Morgan fingerprint density at radius 2 is 1.95 bits per heavy atom. The molecule has 302 valence electrons. The van der Waals surface area contributed by atoms with E-state index in [0.717, 1.165) is 36.6 Å². The van der Waals surface area contributed by atoms with Crippen molar-refractivity contribution >= 4 is 69.2 Å². The first-order valence-electron chi connectivity index (χ1n) is 17.8. The normalized spacial score (nSPS) is 16.8. The van der Waals surface area contributed by atoms with Crippen LogP contribution < -0.4 is 25.3 Å². The fraction of sp³-hybridized carbons (Fsp3) is 0.417. The first kappa shape index (κ1) is 41.0. The summed E-state index contributed by atoms with van der Waals surface area (Å²) < 4.78 is 37.4. The second-order valence-electron chi connectivity index (χ2n) is 13.7. The molecule has 2 aliphatic rings. The van der Waals surface area contributed by atoms with Gasteiger partial charge in [-0.1, -0.05) is 17.3 Å². The predicted molar refractivity (Wildman–Crippen MR) is 207 cm³/mol. The maximum Gasteiger partial charge on any atom is 0.414 e. The number of nitrogens with zero attached hydrogens (tertiary/aromatic N) is 7. The average Bonchev–Trinajstić information content (AvgIpc) is 3.79. The number of methoxy groups -OCH3 is 1. The van der Waals surface area contributed by atoms with Crippen molar-refractivity contribution in [2.24, 2.45) is 5.16 Å². The molecule has 21 heteroatoms. The summed E-state index contributed by atoms with van der Waals surface area (Å²) in [6, 6.07) is 9.75. The van der Waals surface area contributed by atoms with Crippen LogP contribution in [0.15, 0.2) is 65.3 Å². The number of β-lactam (4-membered cyclic amide) rings is 1. The molecule has 1 saturated heterocycles. The number of fused-ring (bicyclic) bond motifs is 2. The topological polar surface area (TPSA) is 204 Å². The molecule has 18 nitrogen and oxygen atoms in total. The quantitative estimate of drug-likeness (QED) is 0.0372. The van der Waals surface area contributed by atoms with Crippen molar-refractivity contribution in [1.29, 1.82) is 0 Å². The fourth-order valence-corrected chi connectivity index (χ4v) is 7.91. The van der Waals surface area contributed by atoms with Gasteiger partial charge in [-0.15, -0.1) is 16.7 Å². The number of alkyl halides is 1. The molecule has 3 aromatic heterocycles. The Morgan fingerprint density at radius 1 is 1.16 bits per heavy atom. The van der Waals surface area contributed by atoms with Gasteiger partial charge in [-0.2, -0.15) is 9.36 Å². The first-order valence-corrected chi connectivity index (χ1v) is 19.6. The summed E-state index contributed by atoms with van der Waals surface area (Å²) in [6.45, 7) is 5.40. The highest BCUT2D eigenvalue weighted by Crippen LogP contribution is 2.41.